The van der Waals surface area contributed by atoms with E-state index >= 15 is 0 Å². The molecule has 0 fully saturated rings. The Labute approximate surface area is 170 Å². The molecule has 0 unspecified atom stereocenters. The molecule has 3 rings (SSSR count). The third kappa shape index (κ3) is 3.99. The fraction of sp³-hybridized carbons (Fsp3) is 0.350. The highest BCUT2D eigenvalue weighted by atomic mass is 32.2. The zero-order valence-corrected chi connectivity index (χ0v) is 18.2. The van der Waals surface area contributed by atoms with Crippen molar-refractivity contribution >= 4 is 35.9 Å². The highest BCUT2D eigenvalue weighted by molar-refractivity contribution is 8.00. The second-order valence-electron chi connectivity index (χ2n) is 7.28. The molecule has 27 heavy (non-hydrogen) atoms. The molecule has 5 nitrogen and oxygen atoms in total. The standard InChI is InChI=1S/C20H25N3O2S2/c1-12-7-13(8-14(22-26)19(12)25-6)15-10-21-18-9-16(24-5)17(11-23(15)18)27-20(2,3)4/h7-11,22,26H,1-6H3. The van der Waals surface area contributed by atoms with Gasteiger partial charge in [0.2, 0.25) is 0 Å². The third-order valence-electron chi connectivity index (χ3n) is 4.11. The summed E-state index contributed by atoms with van der Waals surface area (Å²) in [7, 11) is 3.35. The minimum Gasteiger partial charge on any atom is -0.495 e. The summed E-state index contributed by atoms with van der Waals surface area (Å²) in [4.78, 5) is 5.65. The molecule has 0 saturated carbocycles. The number of hydrogen-bond donors (Lipinski definition) is 2. The Kier molecular flexibility index (Phi) is 5.53. The molecule has 7 heteroatoms. The number of pyridine rings is 1. The van der Waals surface area contributed by atoms with E-state index in [2.05, 4.69) is 60.0 Å². The first-order chi connectivity index (χ1) is 12.8. The molecular formula is C20H25N3O2S2. The van der Waals surface area contributed by atoms with Gasteiger partial charge in [0.05, 0.1) is 36.7 Å². The van der Waals surface area contributed by atoms with Crippen molar-refractivity contribution in [3.63, 3.8) is 0 Å². The highest BCUT2D eigenvalue weighted by Crippen LogP contribution is 2.40. The quantitative estimate of drug-likeness (QED) is 0.437. The van der Waals surface area contributed by atoms with Crippen molar-refractivity contribution in [2.45, 2.75) is 37.3 Å². The van der Waals surface area contributed by atoms with Crippen molar-refractivity contribution in [1.82, 2.24) is 9.38 Å². The zero-order chi connectivity index (χ0) is 19.8. The second kappa shape index (κ2) is 7.56. The van der Waals surface area contributed by atoms with Gasteiger partial charge in [-0.3, -0.25) is 4.40 Å². The van der Waals surface area contributed by atoms with Gasteiger partial charge in [-0.05, 0) is 24.6 Å². The smallest absolute Gasteiger partial charge is 0.145 e. The monoisotopic (exact) mass is 403 g/mol. The number of fused-ring (bicyclic) bond motifs is 1. The van der Waals surface area contributed by atoms with Crippen LogP contribution in [0.1, 0.15) is 26.3 Å². The average Bonchev–Trinajstić information content (AvgIpc) is 3.01. The number of nitrogens with one attached hydrogen (secondary N) is 1. The summed E-state index contributed by atoms with van der Waals surface area (Å²) in [5.74, 6) is 1.62. The first-order valence-electron chi connectivity index (χ1n) is 8.60. The summed E-state index contributed by atoms with van der Waals surface area (Å²) in [6, 6.07) is 6.09. The van der Waals surface area contributed by atoms with Crippen LogP contribution in [0.15, 0.2) is 35.5 Å². The second-order valence-corrected chi connectivity index (χ2v) is 9.37. The lowest BCUT2D eigenvalue weighted by molar-refractivity contribution is 0.404. The minimum atomic E-state index is 0.0710. The Bertz CT molecular complexity index is 977. The van der Waals surface area contributed by atoms with Gasteiger partial charge < -0.3 is 14.2 Å². The van der Waals surface area contributed by atoms with Crippen molar-refractivity contribution in [3.8, 4) is 22.8 Å². The Balaban J connectivity index is 2.19. The van der Waals surface area contributed by atoms with E-state index in [1.807, 2.05) is 25.3 Å². The highest BCUT2D eigenvalue weighted by Gasteiger charge is 2.19. The number of nitrogens with zero attached hydrogens (tertiary/aromatic N) is 2. The van der Waals surface area contributed by atoms with E-state index < -0.39 is 0 Å². The van der Waals surface area contributed by atoms with E-state index in [0.29, 0.717) is 0 Å². The largest absolute Gasteiger partial charge is 0.495 e. The predicted molar refractivity (Wildman–Crippen MR) is 117 cm³/mol. The summed E-state index contributed by atoms with van der Waals surface area (Å²) in [6.07, 6.45) is 3.98. The van der Waals surface area contributed by atoms with Gasteiger partial charge in [-0.2, -0.15) is 0 Å². The van der Waals surface area contributed by atoms with Crippen LogP contribution >= 0.6 is 24.6 Å². The van der Waals surface area contributed by atoms with E-state index in [-0.39, 0.29) is 4.75 Å². The number of imidazole rings is 1. The molecule has 0 atom stereocenters. The molecule has 0 aliphatic carbocycles. The SMILES string of the molecule is COc1cc2ncc(-c3cc(C)c(OC)c(NS)c3)n2cc1SC(C)(C)C. The number of thioether (sulfide) groups is 1. The van der Waals surface area contributed by atoms with Crippen molar-refractivity contribution in [2.75, 3.05) is 18.9 Å². The van der Waals surface area contributed by atoms with E-state index in [0.717, 1.165) is 44.5 Å². The molecule has 1 N–H and O–H groups in total. The number of benzene rings is 1. The van der Waals surface area contributed by atoms with Gasteiger partial charge >= 0.3 is 0 Å². The van der Waals surface area contributed by atoms with Crippen molar-refractivity contribution in [2.24, 2.45) is 0 Å². The fourth-order valence-corrected chi connectivity index (χ4v) is 4.27. The van der Waals surface area contributed by atoms with Crippen LogP contribution in [0, 0.1) is 6.92 Å². The van der Waals surface area contributed by atoms with E-state index in [1.165, 1.54) is 0 Å². The van der Waals surface area contributed by atoms with Crippen LogP contribution in [-0.4, -0.2) is 28.4 Å². The summed E-state index contributed by atoms with van der Waals surface area (Å²) in [6.45, 7) is 8.58. The van der Waals surface area contributed by atoms with Crippen molar-refractivity contribution in [3.05, 3.63) is 36.2 Å². The van der Waals surface area contributed by atoms with E-state index in [1.54, 1.807) is 26.0 Å². The summed E-state index contributed by atoms with van der Waals surface area (Å²) in [5, 5.41) is 0. The van der Waals surface area contributed by atoms with Crippen molar-refractivity contribution < 1.29 is 9.47 Å². The van der Waals surface area contributed by atoms with E-state index in [4.69, 9.17) is 9.47 Å². The summed E-state index contributed by atoms with van der Waals surface area (Å²) >= 11 is 5.99. The Morgan fingerprint density at radius 1 is 1.15 bits per heavy atom. The fourth-order valence-electron chi connectivity index (χ4n) is 3.04. The molecule has 1 aromatic carbocycles. The first kappa shape index (κ1) is 19.8. The van der Waals surface area contributed by atoms with Crippen LogP contribution in [0.4, 0.5) is 5.69 Å². The van der Waals surface area contributed by atoms with E-state index in [9.17, 15) is 0 Å². The lowest BCUT2D eigenvalue weighted by Gasteiger charge is -2.20. The van der Waals surface area contributed by atoms with Gasteiger partial charge in [-0.15, -0.1) is 11.8 Å². The normalized spacial score (nSPS) is 11.7. The number of methoxy groups -OCH3 is 2. The number of anilines is 1. The predicted octanol–water partition coefficient (Wildman–Crippen LogP) is 5.47. The van der Waals surface area contributed by atoms with Gasteiger partial charge in [-0.25, -0.2) is 4.98 Å². The van der Waals surface area contributed by atoms with Crippen LogP contribution < -0.4 is 14.2 Å². The molecule has 0 aliphatic heterocycles. The average molecular weight is 404 g/mol. The number of hydrogen-bond acceptors (Lipinski definition) is 6. The van der Waals surface area contributed by atoms with Crippen molar-refractivity contribution in [1.29, 1.82) is 0 Å². The molecule has 0 amide bonds. The third-order valence-corrected chi connectivity index (χ3v) is 5.49. The molecule has 2 heterocycles. The number of aryl methyl sites for hydroxylation is 1. The summed E-state index contributed by atoms with van der Waals surface area (Å²) in [5.41, 5.74) is 4.73. The van der Waals surface area contributed by atoms with Crippen LogP contribution in [0.3, 0.4) is 0 Å². The topological polar surface area (TPSA) is 47.8 Å². The van der Waals surface area contributed by atoms with Gasteiger partial charge in [0.1, 0.15) is 17.1 Å². The maximum atomic E-state index is 5.59. The number of rotatable bonds is 5. The van der Waals surface area contributed by atoms with Gasteiger partial charge in [0.15, 0.2) is 0 Å². The molecule has 0 radical (unpaired) electrons. The Morgan fingerprint density at radius 3 is 2.48 bits per heavy atom. The van der Waals surface area contributed by atoms with Gasteiger partial charge in [0.25, 0.3) is 0 Å². The first-order valence-corrected chi connectivity index (χ1v) is 9.87. The lowest BCUT2D eigenvalue weighted by Crippen LogP contribution is -2.07. The van der Waals surface area contributed by atoms with Crippen LogP contribution in [-0.2, 0) is 0 Å². The molecule has 144 valence electrons. The molecule has 3 aromatic rings. The molecule has 2 aromatic heterocycles. The maximum Gasteiger partial charge on any atom is 0.145 e. The summed E-state index contributed by atoms with van der Waals surface area (Å²) < 4.78 is 16.1. The minimum absolute atomic E-state index is 0.0710. The lowest BCUT2D eigenvalue weighted by atomic mass is 10.1. The number of aromatic nitrogens is 2. The van der Waals surface area contributed by atoms with Crippen LogP contribution in [0.2, 0.25) is 0 Å². The molecule has 0 spiro atoms. The molecule has 0 saturated heterocycles. The number of ether oxygens (including phenoxy) is 2. The van der Waals surface area contributed by atoms with Gasteiger partial charge in [0, 0.05) is 22.6 Å². The Morgan fingerprint density at radius 2 is 1.89 bits per heavy atom. The number of thiol groups is 1. The maximum absolute atomic E-state index is 5.59. The Hall–Kier alpha value is -1.99. The molecule has 0 bridgehead atoms. The van der Waals surface area contributed by atoms with Crippen LogP contribution in [0.25, 0.3) is 16.9 Å². The molecular weight excluding hydrogens is 378 g/mol. The zero-order valence-electron chi connectivity index (χ0n) is 16.5. The van der Waals surface area contributed by atoms with Crippen LogP contribution in [0.5, 0.6) is 11.5 Å². The van der Waals surface area contributed by atoms with Gasteiger partial charge in [-0.1, -0.05) is 33.6 Å². The molecule has 0 aliphatic rings.